The van der Waals surface area contributed by atoms with E-state index in [1.807, 2.05) is 11.6 Å². The first-order chi connectivity index (χ1) is 11.2. The van der Waals surface area contributed by atoms with Crippen LogP contribution in [0, 0.1) is 11.3 Å². The second kappa shape index (κ2) is 6.89. The van der Waals surface area contributed by atoms with E-state index in [4.69, 9.17) is 5.26 Å². The monoisotopic (exact) mass is 330 g/mol. The van der Waals surface area contributed by atoms with E-state index < -0.39 is 0 Å². The SMILES string of the molecule is CCc1nc2n(n1)C[C@H](NCC(=O)Nc1sccc1C#N)CC2. The number of rotatable bonds is 5. The first-order valence-electron chi connectivity index (χ1n) is 7.63. The van der Waals surface area contributed by atoms with Gasteiger partial charge in [-0.05, 0) is 17.9 Å². The second-order valence-electron chi connectivity index (χ2n) is 5.42. The quantitative estimate of drug-likeness (QED) is 0.862. The number of aryl methyl sites for hydroxylation is 2. The third-order valence-corrected chi connectivity index (χ3v) is 4.64. The van der Waals surface area contributed by atoms with Crippen LogP contribution in [0.25, 0.3) is 0 Å². The molecule has 3 rings (SSSR count). The number of anilines is 1. The largest absolute Gasteiger partial charge is 0.315 e. The van der Waals surface area contributed by atoms with Crippen molar-refractivity contribution in [2.24, 2.45) is 0 Å². The molecule has 23 heavy (non-hydrogen) atoms. The molecule has 1 atom stereocenters. The van der Waals surface area contributed by atoms with Gasteiger partial charge in [0.1, 0.15) is 16.9 Å². The Bertz CT molecular complexity index is 743. The zero-order valence-corrected chi connectivity index (χ0v) is 13.7. The van der Waals surface area contributed by atoms with Crippen LogP contribution >= 0.6 is 11.3 Å². The fraction of sp³-hybridized carbons (Fsp3) is 0.467. The van der Waals surface area contributed by atoms with Gasteiger partial charge >= 0.3 is 0 Å². The number of carbonyl (C=O) groups excluding carboxylic acids is 1. The molecule has 2 aromatic heterocycles. The first kappa shape index (κ1) is 15.6. The van der Waals surface area contributed by atoms with Gasteiger partial charge < -0.3 is 10.6 Å². The molecule has 120 valence electrons. The van der Waals surface area contributed by atoms with Gasteiger partial charge in [-0.3, -0.25) is 4.79 Å². The highest BCUT2D eigenvalue weighted by Gasteiger charge is 2.21. The number of fused-ring (bicyclic) bond motifs is 1. The van der Waals surface area contributed by atoms with Crippen LogP contribution < -0.4 is 10.6 Å². The Labute approximate surface area is 138 Å². The summed E-state index contributed by atoms with van der Waals surface area (Å²) in [5.41, 5.74) is 0.500. The molecule has 7 nitrogen and oxygen atoms in total. The lowest BCUT2D eigenvalue weighted by molar-refractivity contribution is -0.115. The van der Waals surface area contributed by atoms with Gasteiger partial charge in [0.05, 0.1) is 18.7 Å². The lowest BCUT2D eigenvalue weighted by Crippen LogP contribution is -2.41. The zero-order chi connectivity index (χ0) is 16.2. The van der Waals surface area contributed by atoms with Gasteiger partial charge in [-0.1, -0.05) is 6.92 Å². The zero-order valence-electron chi connectivity index (χ0n) is 12.9. The topological polar surface area (TPSA) is 95.6 Å². The molecular weight excluding hydrogens is 312 g/mol. The number of nitrogens with zero attached hydrogens (tertiary/aromatic N) is 4. The van der Waals surface area contributed by atoms with Crippen LogP contribution in [-0.2, 0) is 24.2 Å². The van der Waals surface area contributed by atoms with Crippen LogP contribution in [0.15, 0.2) is 11.4 Å². The Morgan fingerprint density at radius 1 is 1.61 bits per heavy atom. The summed E-state index contributed by atoms with van der Waals surface area (Å²) in [4.78, 5) is 16.5. The molecule has 0 unspecified atom stereocenters. The number of aromatic nitrogens is 3. The number of nitriles is 1. The van der Waals surface area contributed by atoms with E-state index in [-0.39, 0.29) is 18.5 Å². The maximum atomic E-state index is 12.0. The van der Waals surface area contributed by atoms with Gasteiger partial charge in [-0.15, -0.1) is 11.3 Å². The van der Waals surface area contributed by atoms with E-state index in [1.165, 1.54) is 11.3 Å². The minimum absolute atomic E-state index is 0.136. The van der Waals surface area contributed by atoms with Gasteiger partial charge in [-0.25, -0.2) is 9.67 Å². The Hall–Kier alpha value is -2.24. The van der Waals surface area contributed by atoms with Crippen LogP contribution in [-0.4, -0.2) is 33.3 Å². The number of carbonyl (C=O) groups is 1. The van der Waals surface area contributed by atoms with Crippen LogP contribution in [0.4, 0.5) is 5.00 Å². The van der Waals surface area contributed by atoms with Crippen molar-refractivity contribution >= 4 is 22.2 Å². The Kier molecular flexibility index (Phi) is 4.69. The predicted octanol–water partition coefficient (Wildman–Crippen LogP) is 1.32. The number of amides is 1. The van der Waals surface area contributed by atoms with E-state index in [9.17, 15) is 4.79 Å². The van der Waals surface area contributed by atoms with Crippen molar-refractivity contribution < 1.29 is 4.79 Å². The van der Waals surface area contributed by atoms with Crippen LogP contribution in [0.2, 0.25) is 0 Å². The molecule has 2 N–H and O–H groups in total. The minimum Gasteiger partial charge on any atom is -0.315 e. The van der Waals surface area contributed by atoms with Gasteiger partial charge in [0, 0.05) is 18.9 Å². The number of nitrogens with one attached hydrogen (secondary N) is 2. The lowest BCUT2D eigenvalue weighted by atomic mass is 10.1. The maximum absolute atomic E-state index is 12.0. The summed E-state index contributed by atoms with van der Waals surface area (Å²) in [6, 6.07) is 3.97. The van der Waals surface area contributed by atoms with Crippen molar-refractivity contribution in [3.8, 4) is 6.07 Å². The average molecular weight is 330 g/mol. The molecule has 1 aliphatic heterocycles. The molecule has 0 aromatic carbocycles. The highest BCUT2D eigenvalue weighted by atomic mass is 32.1. The van der Waals surface area contributed by atoms with Crippen molar-refractivity contribution in [2.45, 2.75) is 38.8 Å². The minimum atomic E-state index is -0.136. The molecule has 8 heteroatoms. The van der Waals surface area contributed by atoms with Crippen molar-refractivity contribution in [1.29, 1.82) is 5.26 Å². The number of hydrogen-bond donors (Lipinski definition) is 2. The normalized spacial score (nSPS) is 16.6. The molecule has 0 bridgehead atoms. The standard InChI is InChI=1S/C15H18N6OS/c1-2-12-18-13-4-3-11(9-21(13)20-12)17-8-14(22)19-15-10(7-16)5-6-23-15/h5-6,11,17H,2-4,8-9H2,1H3,(H,19,22)/t11-/m1/s1. The van der Waals surface area contributed by atoms with Crippen LogP contribution in [0.1, 0.15) is 30.6 Å². The molecule has 2 aromatic rings. The van der Waals surface area contributed by atoms with E-state index in [0.717, 1.165) is 37.5 Å². The molecule has 1 amide bonds. The lowest BCUT2D eigenvalue weighted by Gasteiger charge is -2.23. The molecule has 1 aliphatic rings. The second-order valence-corrected chi connectivity index (χ2v) is 6.34. The highest BCUT2D eigenvalue weighted by Crippen LogP contribution is 2.21. The molecular formula is C15H18N6OS. The summed E-state index contributed by atoms with van der Waals surface area (Å²) < 4.78 is 1.94. The van der Waals surface area contributed by atoms with Crippen molar-refractivity contribution in [1.82, 2.24) is 20.1 Å². The van der Waals surface area contributed by atoms with Gasteiger partial charge in [0.2, 0.25) is 5.91 Å². The summed E-state index contributed by atoms with van der Waals surface area (Å²) in [5.74, 6) is 1.77. The number of hydrogen-bond acceptors (Lipinski definition) is 6. The van der Waals surface area contributed by atoms with Crippen LogP contribution in [0.5, 0.6) is 0 Å². The molecule has 0 aliphatic carbocycles. The third-order valence-electron chi connectivity index (χ3n) is 3.81. The summed E-state index contributed by atoms with van der Waals surface area (Å²) in [5, 5.41) is 21.8. The Morgan fingerprint density at radius 3 is 3.26 bits per heavy atom. The fourth-order valence-corrected chi connectivity index (χ4v) is 3.33. The smallest absolute Gasteiger partial charge is 0.238 e. The van der Waals surface area contributed by atoms with E-state index in [2.05, 4.69) is 26.8 Å². The van der Waals surface area contributed by atoms with Crippen LogP contribution in [0.3, 0.4) is 0 Å². The highest BCUT2D eigenvalue weighted by molar-refractivity contribution is 7.14. The summed E-state index contributed by atoms with van der Waals surface area (Å²) in [7, 11) is 0. The van der Waals surface area contributed by atoms with Gasteiger partial charge in [0.15, 0.2) is 5.82 Å². The average Bonchev–Trinajstić information content (AvgIpc) is 3.18. The third kappa shape index (κ3) is 3.57. The molecule has 0 spiro atoms. The van der Waals surface area contributed by atoms with Crippen molar-refractivity contribution in [3.05, 3.63) is 28.7 Å². The molecule has 3 heterocycles. The van der Waals surface area contributed by atoms with E-state index in [0.29, 0.717) is 10.6 Å². The summed E-state index contributed by atoms with van der Waals surface area (Å²) >= 11 is 1.36. The fourth-order valence-electron chi connectivity index (χ4n) is 2.58. The van der Waals surface area contributed by atoms with E-state index >= 15 is 0 Å². The van der Waals surface area contributed by atoms with Crippen molar-refractivity contribution in [3.63, 3.8) is 0 Å². The number of thiophene rings is 1. The Morgan fingerprint density at radius 2 is 2.48 bits per heavy atom. The molecule has 0 radical (unpaired) electrons. The summed E-state index contributed by atoms with van der Waals surface area (Å²) in [6.45, 7) is 3.00. The maximum Gasteiger partial charge on any atom is 0.238 e. The van der Waals surface area contributed by atoms with Gasteiger partial charge in [0.25, 0.3) is 0 Å². The predicted molar refractivity (Wildman–Crippen MR) is 87.2 cm³/mol. The molecule has 0 saturated heterocycles. The Balaban J connectivity index is 1.51. The summed E-state index contributed by atoms with van der Waals surface area (Å²) in [6.07, 6.45) is 2.65. The molecule has 0 saturated carbocycles. The van der Waals surface area contributed by atoms with Crippen molar-refractivity contribution in [2.75, 3.05) is 11.9 Å². The van der Waals surface area contributed by atoms with Gasteiger partial charge in [-0.2, -0.15) is 10.4 Å². The van der Waals surface area contributed by atoms with E-state index in [1.54, 1.807) is 11.4 Å². The first-order valence-corrected chi connectivity index (χ1v) is 8.51. The molecule has 0 fully saturated rings.